The van der Waals surface area contributed by atoms with E-state index in [1.807, 2.05) is 13.0 Å². The van der Waals surface area contributed by atoms with Gasteiger partial charge in [0, 0.05) is 6.04 Å². The number of unbranched alkanes of at least 4 members (excludes halogenated alkanes) is 1. The second kappa shape index (κ2) is 8.70. The Balaban J connectivity index is 2.24. The first kappa shape index (κ1) is 15.7. The highest BCUT2D eigenvalue weighted by Crippen LogP contribution is 2.08. The molecule has 0 saturated heterocycles. The van der Waals surface area contributed by atoms with Crippen molar-refractivity contribution in [1.82, 2.24) is 4.90 Å². The summed E-state index contributed by atoms with van der Waals surface area (Å²) in [5.41, 5.74) is 1.38. The van der Waals surface area contributed by atoms with Gasteiger partial charge in [-0.15, -0.1) is 0 Å². The Bertz CT molecular complexity index is 364. The quantitative estimate of drug-likeness (QED) is 0.696. The van der Waals surface area contributed by atoms with Crippen LogP contribution in [0, 0.1) is 0 Å². The van der Waals surface area contributed by atoms with Crippen LogP contribution in [0.3, 0.4) is 0 Å². The van der Waals surface area contributed by atoms with E-state index < -0.39 is 5.97 Å². The molecule has 0 heterocycles. The van der Waals surface area contributed by atoms with Crippen molar-refractivity contribution < 1.29 is 9.90 Å². The van der Waals surface area contributed by atoms with Crippen LogP contribution in [0.5, 0.6) is 0 Å². The summed E-state index contributed by atoms with van der Waals surface area (Å²) in [4.78, 5) is 13.0. The lowest BCUT2D eigenvalue weighted by atomic mass is 10.1. The third-order valence-corrected chi connectivity index (χ3v) is 3.50. The zero-order valence-electron chi connectivity index (χ0n) is 12.0. The predicted octanol–water partition coefficient (Wildman–Crippen LogP) is 3.19. The first-order valence-corrected chi connectivity index (χ1v) is 7.13. The van der Waals surface area contributed by atoms with E-state index in [4.69, 9.17) is 5.11 Å². The molecule has 1 rings (SSSR count). The summed E-state index contributed by atoms with van der Waals surface area (Å²) in [5, 5.41) is 8.82. The van der Waals surface area contributed by atoms with Gasteiger partial charge >= 0.3 is 5.97 Å². The molecule has 19 heavy (non-hydrogen) atoms. The Labute approximate surface area is 116 Å². The van der Waals surface area contributed by atoms with Gasteiger partial charge in [-0.3, -0.25) is 4.79 Å². The number of benzene rings is 1. The fraction of sp³-hybridized carbons (Fsp3) is 0.562. The molecule has 1 aromatic rings. The van der Waals surface area contributed by atoms with Gasteiger partial charge in [-0.25, -0.2) is 0 Å². The van der Waals surface area contributed by atoms with Crippen molar-refractivity contribution in [2.75, 3.05) is 13.1 Å². The highest BCUT2D eigenvalue weighted by molar-refractivity contribution is 5.67. The number of carboxylic acid groups (broad SMARTS) is 1. The van der Waals surface area contributed by atoms with Gasteiger partial charge in [-0.2, -0.15) is 0 Å². The predicted molar refractivity (Wildman–Crippen MR) is 78.3 cm³/mol. The molecular weight excluding hydrogens is 238 g/mol. The Morgan fingerprint density at radius 2 is 1.95 bits per heavy atom. The Kier molecular flexibility index (Phi) is 7.19. The van der Waals surface area contributed by atoms with E-state index in [2.05, 4.69) is 36.1 Å². The van der Waals surface area contributed by atoms with E-state index in [1.54, 1.807) is 0 Å². The largest absolute Gasteiger partial charge is 0.481 e. The van der Waals surface area contributed by atoms with Crippen LogP contribution in [-0.2, 0) is 11.2 Å². The second-order valence-electron chi connectivity index (χ2n) is 5.02. The number of hydrogen-bond acceptors (Lipinski definition) is 2. The van der Waals surface area contributed by atoms with Gasteiger partial charge in [0.25, 0.3) is 0 Å². The van der Waals surface area contributed by atoms with Gasteiger partial charge in [0.05, 0.1) is 6.42 Å². The lowest BCUT2D eigenvalue weighted by molar-refractivity contribution is -0.138. The van der Waals surface area contributed by atoms with E-state index in [0.717, 1.165) is 32.4 Å². The minimum absolute atomic E-state index is 0.124. The van der Waals surface area contributed by atoms with Gasteiger partial charge in [-0.05, 0) is 44.8 Å². The smallest absolute Gasteiger partial charge is 0.304 e. The van der Waals surface area contributed by atoms with Gasteiger partial charge in [0.1, 0.15) is 0 Å². The Hall–Kier alpha value is -1.35. The summed E-state index contributed by atoms with van der Waals surface area (Å²) in [6.07, 6.45) is 3.60. The van der Waals surface area contributed by atoms with Gasteiger partial charge in [0.15, 0.2) is 0 Å². The highest BCUT2D eigenvalue weighted by Gasteiger charge is 2.14. The van der Waals surface area contributed by atoms with Crippen LogP contribution in [0.25, 0.3) is 0 Å². The van der Waals surface area contributed by atoms with Crippen molar-refractivity contribution in [2.24, 2.45) is 0 Å². The normalized spacial score (nSPS) is 12.6. The maximum absolute atomic E-state index is 10.7. The number of aliphatic carboxylic acids is 1. The molecule has 0 radical (unpaired) electrons. The van der Waals surface area contributed by atoms with Crippen LogP contribution in [0.1, 0.15) is 38.7 Å². The van der Waals surface area contributed by atoms with Crippen LogP contribution in [0.4, 0.5) is 0 Å². The molecule has 1 unspecified atom stereocenters. The minimum Gasteiger partial charge on any atom is -0.481 e. The summed E-state index contributed by atoms with van der Waals surface area (Å²) >= 11 is 0. The van der Waals surface area contributed by atoms with E-state index in [-0.39, 0.29) is 12.5 Å². The number of aryl methyl sites for hydroxylation is 1. The maximum atomic E-state index is 10.7. The first-order chi connectivity index (χ1) is 9.13. The summed E-state index contributed by atoms with van der Waals surface area (Å²) in [6, 6.07) is 10.6. The van der Waals surface area contributed by atoms with E-state index in [1.165, 1.54) is 5.56 Å². The van der Waals surface area contributed by atoms with Crippen molar-refractivity contribution in [3.63, 3.8) is 0 Å². The lowest BCUT2D eigenvalue weighted by Gasteiger charge is -2.26. The molecule has 0 spiro atoms. The fourth-order valence-corrected chi connectivity index (χ4v) is 2.36. The van der Waals surface area contributed by atoms with Crippen LogP contribution in [0.15, 0.2) is 30.3 Å². The maximum Gasteiger partial charge on any atom is 0.304 e. The molecule has 0 aliphatic heterocycles. The van der Waals surface area contributed by atoms with Crippen molar-refractivity contribution in [3.8, 4) is 0 Å². The van der Waals surface area contributed by atoms with E-state index >= 15 is 0 Å². The van der Waals surface area contributed by atoms with Crippen molar-refractivity contribution in [3.05, 3.63) is 35.9 Å². The molecule has 0 saturated carbocycles. The molecule has 1 atom stereocenters. The topological polar surface area (TPSA) is 40.5 Å². The van der Waals surface area contributed by atoms with Gasteiger partial charge in [-0.1, -0.05) is 37.3 Å². The first-order valence-electron chi connectivity index (χ1n) is 7.13. The molecule has 0 aliphatic rings. The molecular formula is C16H25NO2. The van der Waals surface area contributed by atoms with Crippen LogP contribution in [0.2, 0.25) is 0 Å². The average molecular weight is 263 g/mol. The number of rotatable bonds is 9. The van der Waals surface area contributed by atoms with E-state index in [9.17, 15) is 4.79 Å². The Morgan fingerprint density at radius 1 is 1.26 bits per heavy atom. The number of carboxylic acids is 1. The molecule has 0 bridgehead atoms. The summed E-state index contributed by atoms with van der Waals surface area (Å²) in [7, 11) is 0. The summed E-state index contributed by atoms with van der Waals surface area (Å²) in [5.74, 6) is -0.713. The molecule has 106 valence electrons. The van der Waals surface area contributed by atoms with Crippen LogP contribution in [-0.4, -0.2) is 35.1 Å². The van der Waals surface area contributed by atoms with Crippen molar-refractivity contribution in [1.29, 1.82) is 0 Å². The highest BCUT2D eigenvalue weighted by atomic mass is 16.4. The fourth-order valence-electron chi connectivity index (χ4n) is 2.36. The van der Waals surface area contributed by atoms with E-state index in [0.29, 0.717) is 0 Å². The zero-order chi connectivity index (χ0) is 14.1. The molecule has 1 aromatic carbocycles. The number of hydrogen-bond donors (Lipinski definition) is 1. The SMILES string of the molecule is CCN(CCCCc1ccccc1)C(C)CC(=O)O. The molecule has 3 heteroatoms. The molecule has 0 aliphatic carbocycles. The lowest BCUT2D eigenvalue weighted by Crippen LogP contribution is -2.35. The molecule has 3 nitrogen and oxygen atoms in total. The molecule has 0 fully saturated rings. The van der Waals surface area contributed by atoms with Crippen molar-refractivity contribution >= 4 is 5.97 Å². The third-order valence-electron chi connectivity index (χ3n) is 3.50. The van der Waals surface area contributed by atoms with Crippen LogP contribution >= 0.6 is 0 Å². The monoisotopic (exact) mass is 263 g/mol. The molecule has 1 N–H and O–H groups in total. The summed E-state index contributed by atoms with van der Waals surface area (Å²) in [6.45, 7) is 5.99. The standard InChI is InChI=1S/C16H25NO2/c1-3-17(14(2)13-16(18)19)12-8-7-11-15-9-5-4-6-10-15/h4-6,9-10,14H,3,7-8,11-13H2,1-2H3,(H,18,19). The van der Waals surface area contributed by atoms with Crippen molar-refractivity contribution in [2.45, 2.75) is 45.6 Å². The Morgan fingerprint density at radius 3 is 2.53 bits per heavy atom. The van der Waals surface area contributed by atoms with Crippen LogP contribution < -0.4 is 0 Å². The molecule has 0 aromatic heterocycles. The molecule has 0 amide bonds. The zero-order valence-corrected chi connectivity index (χ0v) is 12.0. The number of nitrogens with zero attached hydrogens (tertiary/aromatic N) is 1. The minimum atomic E-state index is -0.713. The summed E-state index contributed by atoms with van der Waals surface area (Å²) < 4.78 is 0. The average Bonchev–Trinajstić information content (AvgIpc) is 2.39. The number of carbonyl (C=O) groups is 1. The second-order valence-corrected chi connectivity index (χ2v) is 5.02. The van der Waals surface area contributed by atoms with Gasteiger partial charge < -0.3 is 10.0 Å². The third kappa shape index (κ3) is 6.39. The van der Waals surface area contributed by atoms with Gasteiger partial charge in [0.2, 0.25) is 0 Å².